The highest BCUT2D eigenvalue weighted by Crippen LogP contribution is 2.35. The molecule has 1 aliphatic rings. The standard InChI is InChI=1S/C16H20N2OS/c1-9-7-8-12(10(9)2)18-16(19)15-14(17)11-5-3-4-6-13(11)20-15/h3-6,9-10,12H,7-8,17H2,1-2H3,(H,18,19). The number of carbonyl (C=O) groups excluding carboxylic acids is 1. The zero-order valence-electron chi connectivity index (χ0n) is 11.8. The highest BCUT2D eigenvalue weighted by Gasteiger charge is 2.31. The van der Waals surface area contributed by atoms with Gasteiger partial charge in [-0.15, -0.1) is 11.3 Å². The predicted octanol–water partition coefficient (Wildman–Crippen LogP) is 3.65. The van der Waals surface area contributed by atoms with Crippen molar-refractivity contribution in [3.8, 4) is 0 Å². The first-order chi connectivity index (χ1) is 9.58. The van der Waals surface area contributed by atoms with Crippen LogP contribution >= 0.6 is 11.3 Å². The molecule has 0 saturated heterocycles. The molecule has 1 aromatic heterocycles. The van der Waals surface area contributed by atoms with E-state index in [4.69, 9.17) is 5.73 Å². The lowest BCUT2D eigenvalue weighted by Crippen LogP contribution is -2.37. The minimum Gasteiger partial charge on any atom is -0.397 e. The fourth-order valence-electron chi connectivity index (χ4n) is 3.04. The third-order valence-electron chi connectivity index (χ3n) is 4.62. The number of anilines is 1. The number of nitrogens with one attached hydrogen (secondary N) is 1. The van der Waals surface area contributed by atoms with E-state index in [0.29, 0.717) is 22.4 Å². The quantitative estimate of drug-likeness (QED) is 0.886. The van der Waals surface area contributed by atoms with Crippen molar-refractivity contribution >= 4 is 33.0 Å². The molecule has 1 aliphatic carbocycles. The SMILES string of the molecule is CC1CCC(NC(=O)c2sc3ccccc3c2N)C1C. The van der Waals surface area contributed by atoms with Crippen molar-refractivity contribution in [2.75, 3.05) is 5.73 Å². The zero-order chi connectivity index (χ0) is 14.3. The summed E-state index contributed by atoms with van der Waals surface area (Å²) in [5.74, 6) is 1.20. The average Bonchev–Trinajstić information content (AvgIpc) is 2.94. The maximum Gasteiger partial charge on any atom is 0.263 e. The van der Waals surface area contributed by atoms with Crippen molar-refractivity contribution in [3.63, 3.8) is 0 Å². The van der Waals surface area contributed by atoms with E-state index in [1.165, 1.54) is 17.8 Å². The lowest BCUT2D eigenvalue weighted by atomic mass is 9.98. The molecule has 1 heterocycles. The van der Waals surface area contributed by atoms with Crippen molar-refractivity contribution < 1.29 is 4.79 Å². The summed E-state index contributed by atoms with van der Waals surface area (Å²) < 4.78 is 1.07. The summed E-state index contributed by atoms with van der Waals surface area (Å²) in [7, 11) is 0. The summed E-state index contributed by atoms with van der Waals surface area (Å²) in [6.07, 6.45) is 2.26. The molecule has 1 aromatic carbocycles. The number of hydrogen-bond acceptors (Lipinski definition) is 3. The van der Waals surface area contributed by atoms with E-state index in [2.05, 4.69) is 19.2 Å². The van der Waals surface area contributed by atoms with Crippen molar-refractivity contribution in [2.24, 2.45) is 11.8 Å². The van der Waals surface area contributed by atoms with Crippen molar-refractivity contribution in [1.29, 1.82) is 0 Å². The molecule has 0 spiro atoms. The molecule has 3 unspecified atom stereocenters. The average molecular weight is 288 g/mol. The third kappa shape index (κ3) is 2.18. The van der Waals surface area contributed by atoms with Crippen LogP contribution in [0.4, 0.5) is 5.69 Å². The van der Waals surface area contributed by atoms with Crippen LogP contribution < -0.4 is 11.1 Å². The number of thiophene rings is 1. The summed E-state index contributed by atoms with van der Waals surface area (Å²) in [5, 5.41) is 4.15. The minimum absolute atomic E-state index is 0.0188. The fraction of sp³-hybridized carbons (Fsp3) is 0.438. The van der Waals surface area contributed by atoms with E-state index in [-0.39, 0.29) is 11.9 Å². The van der Waals surface area contributed by atoms with E-state index in [1.54, 1.807) is 0 Å². The maximum absolute atomic E-state index is 12.5. The number of amides is 1. The van der Waals surface area contributed by atoms with Crippen LogP contribution in [0.15, 0.2) is 24.3 Å². The molecule has 0 bridgehead atoms. The summed E-state index contributed by atoms with van der Waals surface area (Å²) in [6.45, 7) is 4.47. The highest BCUT2D eigenvalue weighted by atomic mass is 32.1. The van der Waals surface area contributed by atoms with Gasteiger partial charge in [-0.05, 0) is 30.7 Å². The Kier molecular flexibility index (Phi) is 3.42. The Balaban J connectivity index is 1.84. The van der Waals surface area contributed by atoms with Crippen LogP contribution in [0.5, 0.6) is 0 Å². The van der Waals surface area contributed by atoms with Crippen molar-refractivity contribution in [3.05, 3.63) is 29.1 Å². The molecule has 3 N–H and O–H groups in total. The van der Waals surface area contributed by atoms with E-state index in [0.717, 1.165) is 16.5 Å². The van der Waals surface area contributed by atoms with E-state index >= 15 is 0 Å². The molecule has 4 heteroatoms. The molecule has 1 fully saturated rings. The van der Waals surface area contributed by atoms with Gasteiger partial charge in [-0.3, -0.25) is 4.79 Å². The third-order valence-corrected chi connectivity index (χ3v) is 5.81. The topological polar surface area (TPSA) is 55.1 Å². The van der Waals surface area contributed by atoms with Crippen LogP contribution in [-0.2, 0) is 0 Å². The van der Waals surface area contributed by atoms with Gasteiger partial charge in [0.05, 0.1) is 5.69 Å². The summed E-state index contributed by atoms with van der Waals surface area (Å²) in [5.41, 5.74) is 6.74. The van der Waals surface area contributed by atoms with Gasteiger partial charge in [-0.1, -0.05) is 32.0 Å². The van der Waals surface area contributed by atoms with Gasteiger partial charge in [-0.25, -0.2) is 0 Å². The molecule has 3 rings (SSSR count). The first kappa shape index (κ1) is 13.4. The molecule has 2 aromatic rings. The molecule has 3 nitrogen and oxygen atoms in total. The number of nitrogens with two attached hydrogens (primary N) is 1. The molecule has 1 saturated carbocycles. The molecular weight excluding hydrogens is 268 g/mol. The molecule has 1 amide bonds. The van der Waals surface area contributed by atoms with Crippen LogP contribution in [0.1, 0.15) is 36.4 Å². The molecule has 0 radical (unpaired) electrons. The second-order valence-electron chi connectivity index (χ2n) is 5.83. The first-order valence-corrected chi connectivity index (χ1v) is 7.97. The second-order valence-corrected chi connectivity index (χ2v) is 6.89. The molecule has 106 valence electrons. The van der Waals surface area contributed by atoms with Gasteiger partial charge >= 0.3 is 0 Å². The van der Waals surface area contributed by atoms with Gasteiger partial charge in [0.2, 0.25) is 0 Å². The van der Waals surface area contributed by atoms with E-state index in [9.17, 15) is 4.79 Å². The largest absolute Gasteiger partial charge is 0.397 e. The van der Waals surface area contributed by atoms with Gasteiger partial charge < -0.3 is 11.1 Å². The van der Waals surface area contributed by atoms with Crippen LogP contribution in [-0.4, -0.2) is 11.9 Å². The van der Waals surface area contributed by atoms with Crippen LogP contribution in [0, 0.1) is 11.8 Å². The molecule has 0 aliphatic heterocycles. The molecular formula is C16H20N2OS. The van der Waals surface area contributed by atoms with Gasteiger partial charge in [0.25, 0.3) is 5.91 Å². The molecule has 20 heavy (non-hydrogen) atoms. The number of carbonyl (C=O) groups is 1. The first-order valence-electron chi connectivity index (χ1n) is 7.15. The van der Waals surface area contributed by atoms with Crippen molar-refractivity contribution in [1.82, 2.24) is 5.32 Å². The highest BCUT2D eigenvalue weighted by molar-refractivity contribution is 7.21. The Morgan fingerprint density at radius 2 is 2.05 bits per heavy atom. The number of nitrogen functional groups attached to an aromatic ring is 1. The Labute approximate surface area is 123 Å². The summed E-state index contributed by atoms with van der Waals surface area (Å²) in [4.78, 5) is 13.1. The summed E-state index contributed by atoms with van der Waals surface area (Å²) >= 11 is 1.48. The van der Waals surface area contributed by atoms with Crippen LogP contribution in [0.25, 0.3) is 10.1 Å². The number of fused-ring (bicyclic) bond motifs is 1. The Bertz CT molecular complexity index is 649. The molecule has 3 atom stereocenters. The zero-order valence-corrected chi connectivity index (χ0v) is 12.7. The van der Waals surface area contributed by atoms with Crippen LogP contribution in [0.2, 0.25) is 0 Å². The smallest absolute Gasteiger partial charge is 0.263 e. The Morgan fingerprint density at radius 3 is 2.70 bits per heavy atom. The second kappa shape index (κ2) is 5.09. The van der Waals surface area contributed by atoms with Gasteiger partial charge in [0.15, 0.2) is 0 Å². The van der Waals surface area contributed by atoms with Crippen LogP contribution in [0.3, 0.4) is 0 Å². The maximum atomic E-state index is 12.5. The Morgan fingerprint density at radius 1 is 1.30 bits per heavy atom. The lowest BCUT2D eigenvalue weighted by molar-refractivity contribution is 0.0932. The monoisotopic (exact) mass is 288 g/mol. The van der Waals surface area contributed by atoms with E-state index < -0.39 is 0 Å². The Hall–Kier alpha value is -1.55. The van der Waals surface area contributed by atoms with Gasteiger partial charge in [0, 0.05) is 16.1 Å². The fourth-order valence-corrected chi connectivity index (χ4v) is 4.06. The van der Waals surface area contributed by atoms with Gasteiger partial charge in [-0.2, -0.15) is 0 Å². The predicted molar refractivity (Wildman–Crippen MR) is 85.1 cm³/mol. The van der Waals surface area contributed by atoms with Gasteiger partial charge in [0.1, 0.15) is 4.88 Å². The minimum atomic E-state index is -0.0188. The number of benzene rings is 1. The normalized spacial score (nSPS) is 26.0. The number of hydrogen-bond donors (Lipinski definition) is 2. The van der Waals surface area contributed by atoms with Crippen molar-refractivity contribution in [2.45, 2.75) is 32.7 Å². The van der Waals surface area contributed by atoms with E-state index in [1.807, 2.05) is 24.3 Å². The summed E-state index contributed by atoms with van der Waals surface area (Å²) in [6, 6.07) is 8.18. The lowest BCUT2D eigenvalue weighted by Gasteiger charge is -2.19. The number of rotatable bonds is 2.